The first kappa shape index (κ1) is 17.9. The number of fused-ring (bicyclic) bond motifs is 3. The zero-order chi connectivity index (χ0) is 18.3. The predicted octanol–water partition coefficient (Wildman–Crippen LogP) is 0.0747. The molecule has 5 heterocycles. The number of hydrogen-bond acceptors (Lipinski definition) is 6. The van der Waals surface area contributed by atoms with Crippen LogP contribution >= 0.6 is 0 Å². The van der Waals surface area contributed by atoms with E-state index in [9.17, 15) is 9.90 Å². The molecule has 4 atom stereocenters. The molecule has 2 unspecified atom stereocenters. The van der Waals surface area contributed by atoms with Gasteiger partial charge in [-0.15, -0.1) is 5.10 Å². The molecule has 0 radical (unpaired) electrons. The van der Waals surface area contributed by atoms with Crippen molar-refractivity contribution in [3.63, 3.8) is 0 Å². The van der Waals surface area contributed by atoms with Crippen LogP contribution in [0.5, 0.6) is 0 Å². The Hall–Kier alpha value is -1.51. The zero-order valence-corrected chi connectivity index (χ0v) is 15.7. The standard InChI is InChI=1S/C18H29N5O3/c1-18(2,25)16-12-23(20-19-16)10-14-9-13-3-4-22(14)11-15(13)17(24)21-5-7-26-8-6-21/h12-15,25H,3-11H2,1-2H3/t13?,14-,15+/m1/s1. The summed E-state index contributed by atoms with van der Waals surface area (Å²) in [6, 6.07) is 0.388. The average Bonchev–Trinajstić information content (AvgIpc) is 3.11. The summed E-state index contributed by atoms with van der Waals surface area (Å²) in [4.78, 5) is 17.3. The number of ether oxygens (including phenoxy) is 1. The molecule has 0 aromatic carbocycles. The second-order valence-electron chi connectivity index (χ2n) is 8.36. The molecule has 5 rings (SSSR count). The van der Waals surface area contributed by atoms with Crippen LogP contribution in [0.3, 0.4) is 0 Å². The van der Waals surface area contributed by atoms with Crippen LogP contribution < -0.4 is 0 Å². The number of aromatic nitrogens is 3. The summed E-state index contributed by atoms with van der Waals surface area (Å²) in [6.45, 7) is 8.86. The molecule has 8 heteroatoms. The largest absolute Gasteiger partial charge is 0.384 e. The molecule has 0 aliphatic carbocycles. The molecule has 144 valence electrons. The van der Waals surface area contributed by atoms with Crippen LogP contribution in [0.2, 0.25) is 0 Å². The van der Waals surface area contributed by atoms with Gasteiger partial charge in [-0.05, 0) is 39.2 Å². The van der Waals surface area contributed by atoms with Crippen molar-refractivity contribution < 1.29 is 14.6 Å². The number of morpholine rings is 1. The molecular weight excluding hydrogens is 334 g/mol. The maximum absolute atomic E-state index is 12.9. The van der Waals surface area contributed by atoms with E-state index in [1.807, 2.05) is 15.8 Å². The van der Waals surface area contributed by atoms with E-state index in [4.69, 9.17) is 4.74 Å². The molecule has 4 aliphatic rings. The van der Waals surface area contributed by atoms with Crippen LogP contribution in [-0.2, 0) is 21.7 Å². The fraction of sp³-hybridized carbons (Fsp3) is 0.833. The Balaban J connectivity index is 1.39. The number of rotatable bonds is 4. The van der Waals surface area contributed by atoms with Crippen LogP contribution in [0.1, 0.15) is 32.4 Å². The molecule has 4 aliphatic heterocycles. The van der Waals surface area contributed by atoms with Gasteiger partial charge < -0.3 is 14.7 Å². The van der Waals surface area contributed by atoms with Gasteiger partial charge in [0.05, 0.1) is 31.9 Å². The molecule has 1 amide bonds. The van der Waals surface area contributed by atoms with Crippen molar-refractivity contribution >= 4 is 5.91 Å². The first-order chi connectivity index (χ1) is 12.4. The molecule has 1 aromatic rings. The van der Waals surface area contributed by atoms with Gasteiger partial charge in [-0.2, -0.15) is 0 Å². The molecule has 26 heavy (non-hydrogen) atoms. The van der Waals surface area contributed by atoms with Crippen molar-refractivity contribution in [1.82, 2.24) is 24.8 Å². The van der Waals surface area contributed by atoms with E-state index in [-0.39, 0.29) is 5.92 Å². The zero-order valence-electron chi connectivity index (χ0n) is 15.7. The molecule has 2 bridgehead atoms. The fourth-order valence-corrected chi connectivity index (χ4v) is 4.51. The van der Waals surface area contributed by atoms with Crippen molar-refractivity contribution in [2.75, 3.05) is 39.4 Å². The summed E-state index contributed by atoms with van der Waals surface area (Å²) in [6.07, 6.45) is 3.96. The average molecular weight is 363 g/mol. The van der Waals surface area contributed by atoms with Gasteiger partial charge >= 0.3 is 0 Å². The van der Waals surface area contributed by atoms with E-state index in [1.165, 1.54) is 0 Å². The van der Waals surface area contributed by atoms with Gasteiger partial charge in [0.2, 0.25) is 5.91 Å². The van der Waals surface area contributed by atoms with E-state index < -0.39 is 5.60 Å². The van der Waals surface area contributed by atoms with E-state index in [2.05, 4.69) is 15.2 Å². The van der Waals surface area contributed by atoms with Crippen LogP contribution in [0, 0.1) is 11.8 Å². The maximum Gasteiger partial charge on any atom is 0.227 e. The maximum atomic E-state index is 12.9. The Labute approximate surface area is 154 Å². The molecule has 8 nitrogen and oxygen atoms in total. The summed E-state index contributed by atoms with van der Waals surface area (Å²) < 4.78 is 7.20. The highest BCUT2D eigenvalue weighted by Gasteiger charge is 2.44. The van der Waals surface area contributed by atoms with Gasteiger partial charge in [-0.1, -0.05) is 5.21 Å². The van der Waals surface area contributed by atoms with Crippen molar-refractivity contribution in [3.8, 4) is 0 Å². The lowest BCUT2D eigenvalue weighted by Gasteiger charge is -2.50. The second-order valence-corrected chi connectivity index (χ2v) is 8.36. The quantitative estimate of drug-likeness (QED) is 0.815. The minimum Gasteiger partial charge on any atom is -0.384 e. The Bertz CT molecular complexity index is 649. The highest BCUT2D eigenvalue weighted by molar-refractivity contribution is 5.79. The highest BCUT2D eigenvalue weighted by Crippen LogP contribution is 2.37. The Morgan fingerprint density at radius 3 is 2.73 bits per heavy atom. The number of carbonyl (C=O) groups excluding carboxylic acids is 1. The van der Waals surface area contributed by atoms with Crippen molar-refractivity contribution in [2.24, 2.45) is 11.8 Å². The molecule has 4 saturated heterocycles. The van der Waals surface area contributed by atoms with E-state index >= 15 is 0 Å². The first-order valence-electron chi connectivity index (χ1n) is 9.65. The van der Waals surface area contributed by atoms with Crippen molar-refractivity contribution in [3.05, 3.63) is 11.9 Å². The first-order valence-corrected chi connectivity index (χ1v) is 9.65. The van der Waals surface area contributed by atoms with Crippen molar-refractivity contribution in [1.29, 1.82) is 0 Å². The third-order valence-electron chi connectivity index (χ3n) is 6.08. The van der Waals surface area contributed by atoms with Crippen molar-refractivity contribution in [2.45, 2.75) is 44.9 Å². The van der Waals surface area contributed by atoms with Crippen LogP contribution in [0.25, 0.3) is 0 Å². The lowest BCUT2D eigenvalue weighted by atomic mass is 9.75. The number of piperidine rings is 3. The normalized spacial score (nSPS) is 32.0. The second kappa shape index (κ2) is 6.90. The number of amides is 1. The third-order valence-corrected chi connectivity index (χ3v) is 6.08. The van der Waals surface area contributed by atoms with Gasteiger partial charge in [0.15, 0.2) is 0 Å². The van der Waals surface area contributed by atoms with E-state index in [1.54, 1.807) is 13.8 Å². The number of carbonyl (C=O) groups is 1. The van der Waals surface area contributed by atoms with Gasteiger partial charge in [-0.3, -0.25) is 14.4 Å². The third kappa shape index (κ3) is 3.50. The fourth-order valence-electron chi connectivity index (χ4n) is 4.51. The Morgan fingerprint density at radius 2 is 2.12 bits per heavy atom. The number of hydrogen-bond donors (Lipinski definition) is 1. The van der Waals surface area contributed by atoms with Gasteiger partial charge in [-0.25, -0.2) is 0 Å². The smallest absolute Gasteiger partial charge is 0.227 e. The molecular formula is C18H29N5O3. The molecule has 0 saturated carbocycles. The Morgan fingerprint density at radius 1 is 1.35 bits per heavy atom. The van der Waals surface area contributed by atoms with Crippen LogP contribution in [-0.4, -0.2) is 81.2 Å². The van der Waals surface area contributed by atoms with Crippen LogP contribution in [0.15, 0.2) is 6.20 Å². The number of nitrogens with zero attached hydrogens (tertiary/aromatic N) is 5. The topological polar surface area (TPSA) is 83.7 Å². The van der Waals surface area contributed by atoms with Crippen LogP contribution in [0.4, 0.5) is 0 Å². The van der Waals surface area contributed by atoms with Gasteiger partial charge in [0.1, 0.15) is 11.3 Å². The predicted molar refractivity (Wildman–Crippen MR) is 94.2 cm³/mol. The lowest BCUT2D eigenvalue weighted by Crippen LogP contribution is -2.59. The SMILES string of the molecule is CC(C)(O)c1cn(C[C@H]2CC3CCN2C[C@@H]3C(=O)N2CCOCC2)nn1. The monoisotopic (exact) mass is 363 g/mol. The van der Waals surface area contributed by atoms with Gasteiger partial charge in [0.25, 0.3) is 0 Å². The minimum atomic E-state index is -0.972. The summed E-state index contributed by atoms with van der Waals surface area (Å²) in [5.41, 5.74) is -0.381. The molecule has 1 N–H and O–H groups in total. The molecule has 1 aromatic heterocycles. The van der Waals surface area contributed by atoms with E-state index in [0.29, 0.717) is 36.8 Å². The minimum absolute atomic E-state index is 0.126. The van der Waals surface area contributed by atoms with Gasteiger partial charge in [0, 0.05) is 25.7 Å². The Kier molecular flexibility index (Phi) is 4.75. The number of aliphatic hydroxyl groups is 1. The summed E-state index contributed by atoms with van der Waals surface area (Å²) in [5, 5.41) is 18.3. The highest BCUT2D eigenvalue weighted by atomic mass is 16.5. The van der Waals surface area contributed by atoms with E-state index in [0.717, 1.165) is 45.6 Å². The summed E-state index contributed by atoms with van der Waals surface area (Å²) in [7, 11) is 0. The molecule has 0 spiro atoms. The summed E-state index contributed by atoms with van der Waals surface area (Å²) in [5.74, 6) is 0.893. The summed E-state index contributed by atoms with van der Waals surface area (Å²) >= 11 is 0. The molecule has 4 fully saturated rings. The lowest BCUT2D eigenvalue weighted by molar-refractivity contribution is -0.148.